The predicted molar refractivity (Wildman–Crippen MR) is 76.3 cm³/mol. The maximum Gasteiger partial charge on any atom is 0.200 e. The van der Waals surface area contributed by atoms with E-state index in [1.165, 1.54) is 10.2 Å². The van der Waals surface area contributed by atoms with E-state index in [0.29, 0.717) is 5.65 Å². The maximum absolute atomic E-state index is 4.35. The fraction of sp³-hybridized carbons (Fsp3) is 0.286. The third kappa shape index (κ3) is 2.59. The molecule has 0 radical (unpaired) electrons. The Morgan fingerprint density at radius 1 is 1.15 bits per heavy atom. The third-order valence-corrected chi connectivity index (χ3v) is 3.17. The molecular weight excluding hydrogens is 252 g/mol. The van der Waals surface area contributed by atoms with Gasteiger partial charge < -0.3 is 5.32 Å². The van der Waals surface area contributed by atoms with E-state index in [1.54, 1.807) is 0 Å². The van der Waals surface area contributed by atoms with Gasteiger partial charge in [-0.05, 0) is 34.5 Å². The van der Waals surface area contributed by atoms with Crippen molar-refractivity contribution in [3.63, 3.8) is 0 Å². The molecule has 2 aromatic heterocycles. The van der Waals surface area contributed by atoms with E-state index in [2.05, 4.69) is 57.1 Å². The minimum Gasteiger partial charge on any atom is -0.362 e. The second-order valence-corrected chi connectivity index (χ2v) is 4.64. The first kappa shape index (κ1) is 12.5. The van der Waals surface area contributed by atoms with Crippen LogP contribution < -0.4 is 5.32 Å². The molecule has 0 aliphatic heterocycles. The number of nitrogens with one attached hydrogen (secondary N) is 1. The Morgan fingerprint density at radius 2 is 2.00 bits per heavy atom. The second kappa shape index (κ2) is 5.64. The molecule has 0 aliphatic rings. The van der Waals surface area contributed by atoms with Gasteiger partial charge >= 0.3 is 0 Å². The molecular formula is C14H16N6. The summed E-state index contributed by atoms with van der Waals surface area (Å²) >= 11 is 0. The molecule has 102 valence electrons. The van der Waals surface area contributed by atoms with Crippen molar-refractivity contribution in [3.05, 3.63) is 48.0 Å². The van der Waals surface area contributed by atoms with Crippen molar-refractivity contribution < 1.29 is 0 Å². The first-order valence-electron chi connectivity index (χ1n) is 6.73. The summed E-state index contributed by atoms with van der Waals surface area (Å²) in [6, 6.07) is 14.4. The number of nitrogens with zero attached hydrogens (tertiary/aromatic N) is 5. The standard InChI is InChI=1S/C14H16N6/c1-2-6-12(11-7-4-3-5-8-11)15-13-9-10-14-16-18-19-20(14)17-13/h3-5,7-10,12H,2,6H2,1H3,(H,15,17)/t12-/m1/s1. The van der Waals surface area contributed by atoms with Crippen molar-refractivity contribution in [3.8, 4) is 0 Å². The molecule has 0 spiro atoms. The average molecular weight is 268 g/mol. The van der Waals surface area contributed by atoms with Crippen molar-refractivity contribution in [1.82, 2.24) is 25.3 Å². The Bertz CT molecular complexity index is 678. The van der Waals surface area contributed by atoms with Crippen LogP contribution in [0.2, 0.25) is 0 Å². The Morgan fingerprint density at radius 3 is 2.80 bits per heavy atom. The topological polar surface area (TPSA) is 68.0 Å². The van der Waals surface area contributed by atoms with Gasteiger partial charge in [0.2, 0.25) is 0 Å². The number of rotatable bonds is 5. The van der Waals surface area contributed by atoms with Gasteiger partial charge in [0.15, 0.2) is 5.65 Å². The van der Waals surface area contributed by atoms with Crippen LogP contribution in [-0.4, -0.2) is 25.3 Å². The SMILES string of the molecule is CCC[C@@H](Nc1ccc2nnnn2n1)c1ccccc1. The van der Waals surface area contributed by atoms with E-state index in [-0.39, 0.29) is 6.04 Å². The maximum atomic E-state index is 4.35. The van der Waals surface area contributed by atoms with Crippen LogP contribution >= 0.6 is 0 Å². The molecule has 6 nitrogen and oxygen atoms in total. The van der Waals surface area contributed by atoms with Gasteiger partial charge in [0, 0.05) is 0 Å². The van der Waals surface area contributed by atoms with Crippen LogP contribution in [0.15, 0.2) is 42.5 Å². The highest BCUT2D eigenvalue weighted by atomic mass is 15.6. The molecule has 0 fully saturated rings. The molecule has 1 atom stereocenters. The van der Waals surface area contributed by atoms with E-state index in [0.717, 1.165) is 18.7 Å². The Kier molecular flexibility index (Phi) is 3.54. The van der Waals surface area contributed by atoms with E-state index in [9.17, 15) is 0 Å². The fourth-order valence-electron chi connectivity index (χ4n) is 2.20. The molecule has 0 saturated heterocycles. The molecule has 2 heterocycles. The van der Waals surface area contributed by atoms with Gasteiger partial charge in [-0.25, -0.2) is 0 Å². The van der Waals surface area contributed by atoms with Gasteiger partial charge in [0.25, 0.3) is 0 Å². The number of hydrogen-bond acceptors (Lipinski definition) is 5. The molecule has 3 aromatic rings. The van der Waals surface area contributed by atoms with Crippen LogP contribution in [0.4, 0.5) is 5.82 Å². The summed E-state index contributed by atoms with van der Waals surface area (Å²) in [7, 11) is 0. The van der Waals surface area contributed by atoms with Gasteiger partial charge in [0.1, 0.15) is 5.82 Å². The van der Waals surface area contributed by atoms with Crippen LogP contribution in [0.1, 0.15) is 31.4 Å². The average Bonchev–Trinajstić information content (AvgIpc) is 2.95. The molecule has 20 heavy (non-hydrogen) atoms. The van der Waals surface area contributed by atoms with Gasteiger partial charge in [-0.1, -0.05) is 43.7 Å². The summed E-state index contributed by atoms with van der Waals surface area (Å²) in [5.74, 6) is 0.770. The smallest absolute Gasteiger partial charge is 0.200 e. The minimum atomic E-state index is 0.239. The van der Waals surface area contributed by atoms with Crippen molar-refractivity contribution in [2.45, 2.75) is 25.8 Å². The summed E-state index contributed by atoms with van der Waals surface area (Å²) in [4.78, 5) is 0. The molecule has 3 rings (SSSR count). The van der Waals surface area contributed by atoms with Crippen molar-refractivity contribution in [1.29, 1.82) is 0 Å². The highest BCUT2D eigenvalue weighted by Crippen LogP contribution is 2.22. The van der Waals surface area contributed by atoms with Crippen LogP contribution in [0.5, 0.6) is 0 Å². The Labute approximate surface area is 116 Å². The fourth-order valence-corrected chi connectivity index (χ4v) is 2.20. The lowest BCUT2D eigenvalue weighted by Gasteiger charge is -2.18. The van der Waals surface area contributed by atoms with E-state index in [4.69, 9.17) is 0 Å². The van der Waals surface area contributed by atoms with E-state index >= 15 is 0 Å². The molecule has 6 heteroatoms. The number of tetrazole rings is 1. The lowest BCUT2D eigenvalue weighted by molar-refractivity contribution is 0.664. The first-order valence-corrected chi connectivity index (χ1v) is 6.73. The Balaban J connectivity index is 1.85. The summed E-state index contributed by atoms with van der Waals surface area (Å²) in [6.45, 7) is 2.18. The predicted octanol–water partition coefficient (Wildman–Crippen LogP) is 2.47. The molecule has 1 N–H and O–H groups in total. The highest BCUT2D eigenvalue weighted by Gasteiger charge is 2.11. The lowest BCUT2D eigenvalue weighted by Crippen LogP contribution is -2.12. The largest absolute Gasteiger partial charge is 0.362 e. The lowest BCUT2D eigenvalue weighted by atomic mass is 10.0. The zero-order valence-corrected chi connectivity index (χ0v) is 11.3. The van der Waals surface area contributed by atoms with E-state index < -0.39 is 0 Å². The molecule has 0 aliphatic carbocycles. The van der Waals surface area contributed by atoms with Crippen LogP contribution in [-0.2, 0) is 0 Å². The number of hydrogen-bond donors (Lipinski definition) is 1. The molecule has 0 saturated carbocycles. The molecule has 0 amide bonds. The molecule has 0 bridgehead atoms. The van der Waals surface area contributed by atoms with Gasteiger partial charge in [0.05, 0.1) is 6.04 Å². The minimum absolute atomic E-state index is 0.239. The number of benzene rings is 1. The van der Waals surface area contributed by atoms with Gasteiger partial charge in [-0.15, -0.1) is 14.8 Å². The highest BCUT2D eigenvalue weighted by molar-refractivity contribution is 5.43. The van der Waals surface area contributed by atoms with Gasteiger partial charge in [-0.3, -0.25) is 0 Å². The summed E-state index contributed by atoms with van der Waals surface area (Å²) < 4.78 is 1.43. The molecule has 0 unspecified atom stereocenters. The zero-order chi connectivity index (χ0) is 13.8. The number of anilines is 1. The van der Waals surface area contributed by atoms with Crippen LogP contribution in [0.3, 0.4) is 0 Å². The molecule has 1 aromatic carbocycles. The Hall–Kier alpha value is -2.50. The zero-order valence-electron chi connectivity index (χ0n) is 11.3. The third-order valence-electron chi connectivity index (χ3n) is 3.17. The van der Waals surface area contributed by atoms with Crippen molar-refractivity contribution in [2.24, 2.45) is 0 Å². The second-order valence-electron chi connectivity index (χ2n) is 4.64. The summed E-state index contributed by atoms with van der Waals surface area (Å²) in [6.07, 6.45) is 2.14. The normalized spacial score (nSPS) is 12.4. The van der Waals surface area contributed by atoms with Crippen LogP contribution in [0.25, 0.3) is 5.65 Å². The monoisotopic (exact) mass is 268 g/mol. The van der Waals surface area contributed by atoms with Crippen LogP contribution in [0, 0.1) is 0 Å². The first-order chi connectivity index (χ1) is 9.86. The van der Waals surface area contributed by atoms with E-state index in [1.807, 2.05) is 18.2 Å². The summed E-state index contributed by atoms with van der Waals surface area (Å²) in [5.41, 5.74) is 1.90. The van der Waals surface area contributed by atoms with Crippen molar-refractivity contribution >= 4 is 11.5 Å². The van der Waals surface area contributed by atoms with Gasteiger partial charge in [-0.2, -0.15) is 0 Å². The summed E-state index contributed by atoms with van der Waals surface area (Å²) in [5, 5.41) is 19.0. The van der Waals surface area contributed by atoms with Crippen molar-refractivity contribution in [2.75, 3.05) is 5.32 Å². The quantitative estimate of drug-likeness (QED) is 0.770. The number of aromatic nitrogens is 5. The number of fused-ring (bicyclic) bond motifs is 1.